The molecule has 0 fully saturated rings. The van der Waals surface area contributed by atoms with Crippen LogP contribution in [0.1, 0.15) is 10.4 Å². The third-order valence-corrected chi connectivity index (χ3v) is 4.57. The third kappa shape index (κ3) is 3.75. The van der Waals surface area contributed by atoms with Crippen LogP contribution in [0.25, 0.3) is 0 Å². The van der Waals surface area contributed by atoms with Crippen molar-refractivity contribution < 1.29 is 14.8 Å². The smallest absolute Gasteiger partial charge is 0.336 e. The van der Waals surface area contributed by atoms with Crippen LogP contribution in [-0.2, 0) is 0 Å². The maximum absolute atomic E-state index is 11.2. The van der Waals surface area contributed by atoms with E-state index in [1.807, 2.05) is 0 Å². The number of non-ortho nitro benzene ring substituents is 1. The van der Waals surface area contributed by atoms with Crippen molar-refractivity contribution in [1.29, 1.82) is 0 Å². The number of hydrogen-bond donors (Lipinski definition) is 1. The fourth-order valence-electron chi connectivity index (χ4n) is 1.56. The summed E-state index contributed by atoms with van der Waals surface area (Å²) < 4.78 is 0.730. The van der Waals surface area contributed by atoms with Gasteiger partial charge in [-0.25, -0.2) is 4.79 Å². The second-order valence-corrected chi connectivity index (χ2v) is 6.33. The maximum Gasteiger partial charge on any atom is 0.336 e. The van der Waals surface area contributed by atoms with Crippen LogP contribution >= 0.6 is 39.3 Å². The summed E-state index contributed by atoms with van der Waals surface area (Å²) in [6.45, 7) is 0. The molecule has 21 heavy (non-hydrogen) atoms. The number of nitro groups is 1. The number of carboxylic acid groups (broad SMARTS) is 1. The summed E-state index contributed by atoms with van der Waals surface area (Å²) in [5.41, 5.74) is 0.0228. The molecule has 2 aromatic rings. The monoisotopic (exact) mass is 387 g/mol. The topological polar surface area (TPSA) is 80.4 Å². The second kappa shape index (κ2) is 6.46. The Hall–Kier alpha value is -1.57. The highest BCUT2D eigenvalue weighted by Crippen LogP contribution is 2.37. The summed E-state index contributed by atoms with van der Waals surface area (Å²) in [7, 11) is 0. The van der Waals surface area contributed by atoms with E-state index in [1.165, 1.54) is 24.3 Å². The zero-order valence-corrected chi connectivity index (χ0v) is 13.4. The molecule has 0 saturated heterocycles. The van der Waals surface area contributed by atoms with Crippen LogP contribution in [0.5, 0.6) is 0 Å². The Balaban J connectivity index is 2.40. The fourth-order valence-corrected chi connectivity index (χ4v) is 3.35. The largest absolute Gasteiger partial charge is 0.478 e. The molecule has 0 aliphatic rings. The van der Waals surface area contributed by atoms with E-state index in [4.69, 9.17) is 16.7 Å². The Bertz CT molecular complexity index is 738. The SMILES string of the molecule is O=C(O)c1ccc(Br)cc1Sc1ccc([N+](=O)[O-])cc1Cl. The first-order chi connectivity index (χ1) is 9.88. The average Bonchev–Trinajstić information content (AvgIpc) is 2.40. The standard InChI is InChI=1S/C13H7BrClNO4S/c14-7-1-3-9(13(17)18)12(5-7)21-11-4-2-8(16(19)20)6-10(11)15/h1-6H,(H,17,18). The molecule has 0 radical (unpaired) electrons. The molecule has 0 bridgehead atoms. The Morgan fingerprint density at radius 3 is 2.52 bits per heavy atom. The lowest BCUT2D eigenvalue weighted by Gasteiger charge is -2.08. The molecular weight excluding hydrogens is 382 g/mol. The molecule has 0 heterocycles. The summed E-state index contributed by atoms with van der Waals surface area (Å²) in [6.07, 6.45) is 0. The van der Waals surface area contributed by atoms with Crippen molar-refractivity contribution >= 4 is 50.9 Å². The van der Waals surface area contributed by atoms with Crippen LogP contribution in [0.2, 0.25) is 5.02 Å². The molecule has 0 aliphatic heterocycles. The molecule has 2 rings (SSSR count). The van der Waals surface area contributed by atoms with Crippen LogP contribution < -0.4 is 0 Å². The van der Waals surface area contributed by atoms with Gasteiger partial charge >= 0.3 is 5.97 Å². The number of benzene rings is 2. The minimum Gasteiger partial charge on any atom is -0.478 e. The normalized spacial score (nSPS) is 10.4. The molecule has 0 spiro atoms. The van der Waals surface area contributed by atoms with Crippen LogP contribution in [0.15, 0.2) is 50.7 Å². The van der Waals surface area contributed by atoms with Crippen LogP contribution in [0.4, 0.5) is 5.69 Å². The minimum absolute atomic E-state index is 0.114. The van der Waals surface area contributed by atoms with Crippen molar-refractivity contribution in [3.05, 3.63) is 61.6 Å². The second-order valence-electron chi connectivity index (χ2n) is 3.92. The summed E-state index contributed by atoms with van der Waals surface area (Å²) in [6, 6.07) is 8.83. The van der Waals surface area contributed by atoms with Crippen molar-refractivity contribution in [2.24, 2.45) is 0 Å². The predicted octanol–water partition coefficient (Wildman–Crippen LogP) is 4.86. The number of aromatic carboxylic acids is 1. The number of carboxylic acids is 1. The van der Waals surface area contributed by atoms with E-state index in [1.54, 1.807) is 12.1 Å². The Kier molecular flexibility index (Phi) is 4.87. The number of halogens is 2. The lowest BCUT2D eigenvalue weighted by molar-refractivity contribution is -0.384. The summed E-state index contributed by atoms with van der Waals surface area (Å²) in [5, 5.41) is 20.0. The van der Waals surface area contributed by atoms with Crippen molar-refractivity contribution in [1.82, 2.24) is 0 Å². The van der Waals surface area contributed by atoms with Crippen molar-refractivity contribution in [3.8, 4) is 0 Å². The van der Waals surface area contributed by atoms with Gasteiger partial charge in [-0.2, -0.15) is 0 Å². The third-order valence-electron chi connectivity index (χ3n) is 2.52. The van der Waals surface area contributed by atoms with Crippen LogP contribution in [0.3, 0.4) is 0 Å². The summed E-state index contributed by atoms with van der Waals surface area (Å²) in [5.74, 6) is -1.05. The molecule has 0 unspecified atom stereocenters. The number of rotatable bonds is 4. The van der Waals surface area contributed by atoms with Crippen molar-refractivity contribution in [3.63, 3.8) is 0 Å². The van der Waals surface area contributed by atoms with E-state index < -0.39 is 10.9 Å². The van der Waals surface area contributed by atoms with Gasteiger partial charge in [0.15, 0.2) is 0 Å². The zero-order valence-electron chi connectivity index (χ0n) is 10.2. The molecule has 0 amide bonds. The quantitative estimate of drug-likeness (QED) is 0.597. The number of nitrogens with zero attached hydrogens (tertiary/aromatic N) is 1. The van der Waals surface area contributed by atoms with E-state index in [0.717, 1.165) is 16.2 Å². The minimum atomic E-state index is -1.05. The fraction of sp³-hybridized carbons (Fsp3) is 0. The molecule has 108 valence electrons. The van der Waals surface area contributed by atoms with Gasteiger partial charge in [0.05, 0.1) is 15.5 Å². The van der Waals surface area contributed by atoms with Gasteiger partial charge in [-0.3, -0.25) is 10.1 Å². The zero-order chi connectivity index (χ0) is 15.6. The first-order valence-electron chi connectivity index (χ1n) is 5.53. The lowest BCUT2D eigenvalue weighted by atomic mass is 10.2. The lowest BCUT2D eigenvalue weighted by Crippen LogP contribution is -1.98. The maximum atomic E-state index is 11.2. The van der Waals surface area contributed by atoms with Gasteiger partial charge < -0.3 is 5.11 Å². The molecule has 0 aromatic heterocycles. The van der Waals surface area contributed by atoms with Gasteiger partial charge in [0, 0.05) is 26.4 Å². The van der Waals surface area contributed by atoms with E-state index >= 15 is 0 Å². The highest BCUT2D eigenvalue weighted by Gasteiger charge is 2.15. The number of carbonyl (C=O) groups is 1. The first-order valence-corrected chi connectivity index (χ1v) is 7.52. The molecular formula is C13H7BrClNO4S. The Morgan fingerprint density at radius 2 is 1.95 bits per heavy atom. The Labute approximate surface area is 137 Å². The highest BCUT2D eigenvalue weighted by molar-refractivity contribution is 9.10. The summed E-state index contributed by atoms with van der Waals surface area (Å²) >= 11 is 10.4. The van der Waals surface area contributed by atoms with Gasteiger partial charge in [-0.1, -0.05) is 39.3 Å². The molecule has 0 aliphatic carbocycles. The molecule has 1 N–H and O–H groups in total. The first kappa shape index (κ1) is 15.8. The Morgan fingerprint density at radius 1 is 1.24 bits per heavy atom. The average molecular weight is 389 g/mol. The van der Waals surface area contributed by atoms with Crippen LogP contribution in [0, 0.1) is 10.1 Å². The highest BCUT2D eigenvalue weighted by atomic mass is 79.9. The van der Waals surface area contributed by atoms with Gasteiger partial charge in [0.1, 0.15) is 0 Å². The number of hydrogen-bond acceptors (Lipinski definition) is 4. The molecule has 2 aromatic carbocycles. The van der Waals surface area contributed by atoms with E-state index in [9.17, 15) is 14.9 Å². The van der Waals surface area contributed by atoms with Gasteiger partial charge in [0.2, 0.25) is 0 Å². The van der Waals surface area contributed by atoms with Crippen molar-refractivity contribution in [2.45, 2.75) is 9.79 Å². The van der Waals surface area contributed by atoms with Crippen LogP contribution in [-0.4, -0.2) is 16.0 Å². The summed E-state index contributed by atoms with van der Waals surface area (Å²) in [4.78, 5) is 22.4. The molecule has 0 saturated carbocycles. The predicted molar refractivity (Wildman–Crippen MR) is 83.3 cm³/mol. The number of nitro benzene ring substituents is 1. The molecule has 5 nitrogen and oxygen atoms in total. The molecule has 0 atom stereocenters. The van der Waals surface area contributed by atoms with Crippen molar-refractivity contribution in [2.75, 3.05) is 0 Å². The molecule has 8 heteroatoms. The van der Waals surface area contributed by atoms with E-state index in [0.29, 0.717) is 9.79 Å². The van der Waals surface area contributed by atoms with Gasteiger partial charge in [-0.05, 0) is 24.3 Å². The van der Waals surface area contributed by atoms with Gasteiger partial charge in [-0.15, -0.1) is 0 Å². The van der Waals surface area contributed by atoms with Gasteiger partial charge in [0.25, 0.3) is 5.69 Å². The van der Waals surface area contributed by atoms with E-state index in [2.05, 4.69) is 15.9 Å². The van der Waals surface area contributed by atoms with E-state index in [-0.39, 0.29) is 16.3 Å².